The predicted molar refractivity (Wildman–Crippen MR) is 95.2 cm³/mol. The first kappa shape index (κ1) is 17.0. The molecule has 0 aliphatic heterocycles. The zero-order chi connectivity index (χ0) is 17.8. The molecule has 0 aliphatic rings. The van der Waals surface area contributed by atoms with E-state index in [1.807, 2.05) is 0 Å². The molecule has 2 aromatic carbocycles. The second-order valence-corrected chi connectivity index (χ2v) is 6.56. The van der Waals surface area contributed by atoms with Crippen LogP contribution in [0.15, 0.2) is 48.5 Å². The van der Waals surface area contributed by atoms with E-state index >= 15 is 0 Å². The minimum Gasteiger partial charge on any atom is -0.296 e. The van der Waals surface area contributed by atoms with E-state index in [9.17, 15) is 14.9 Å². The second-order valence-electron chi connectivity index (χ2n) is 5.07. The van der Waals surface area contributed by atoms with Crippen molar-refractivity contribution in [3.8, 4) is 0 Å². The maximum Gasteiger partial charge on any atom is 0.269 e. The summed E-state index contributed by atoms with van der Waals surface area (Å²) in [5.74, 6) is -0.319. The van der Waals surface area contributed by atoms with Crippen molar-refractivity contribution in [3.63, 3.8) is 0 Å². The van der Waals surface area contributed by atoms with Gasteiger partial charge in [-0.25, -0.2) is 0 Å². The lowest BCUT2D eigenvalue weighted by atomic mass is 10.1. The number of nitro benzene ring substituents is 1. The third-order valence-electron chi connectivity index (χ3n) is 3.28. The van der Waals surface area contributed by atoms with Crippen molar-refractivity contribution in [3.05, 3.63) is 79.8 Å². The van der Waals surface area contributed by atoms with Crippen molar-refractivity contribution in [2.45, 2.75) is 6.42 Å². The van der Waals surface area contributed by atoms with Crippen LogP contribution >= 0.6 is 22.9 Å². The fraction of sp³-hybridized carbons (Fsp3) is 0.0625. The van der Waals surface area contributed by atoms with Gasteiger partial charge in [0.05, 0.1) is 4.92 Å². The highest BCUT2D eigenvalue weighted by molar-refractivity contribution is 7.15. The molecule has 3 aromatic rings. The molecule has 0 unspecified atom stereocenters. The molecule has 0 saturated heterocycles. The molecule has 1 amide bonds. The zero-order valence-corrected chi connectivity index (χ0v) is 14.3. The van der Waals surface area contributed by atoms with E-state index in [0.717, 1.165) is 5.56 Å². The maximum atomic E-state index is 12.1. The normalized spacial score (nSPS) is 10.4. The summed E-state index contributed by atoms with van der Waals surface area (Å²) < 4.78 is 0. The molecule has 126 valence electrons. The van der Waals surface area contributed by atoms with Crippen molar-refractivity contribution >= 4 is 39.7 Å². The second kappa shape index (κ2) is 7.37. The van der Waals surface area contributed by atoms with Crippen LogP contribution in [0.2, 0.25) is 5.02 Å². The molecule has 1 N–H and O–H groups in total. The fourth-order valence-corrected chi connectivity index (χ4v) is 3.04. The minimum absolute atomic E-state index is 0.0375. The van der Waals surface area contributed by atoms with Crippen LogP contribution in [0.25, 0.3) is 0 Å². The molecule has 0 fully saturated rings. The van der Waals surface area contributed by atoms with E-state index in [-0.39, 0.29) is 11.6 Å². The van der Waals surface area contributed by atoms with E-state index < -0.39 is 4.92 Å². The smallest absolute Gasteiger partial charge is 0.269 e. The molecule has 0 atom stereocenters. The molecular weight excluding hydrogens is 364 g/mol. The quantitative estimate of drug-likeness (QED) is 0.538. The number of amides is 1. The Morgan fingerprint density at radius 1 is 1.20 bits per heavy atom. The standard InChI is InChI=1S/C16H11ClN4O3S/c17-12-3-1-2-11(9-12)15(22)18-16-20-19-14(25-16)8-10-4-6-13(7-5-10)21(23)24/h1-7,9H,8H2,(H,18,20,22). The monoisotopic (exact) mass is 374 g/mol. The first-order valence-corrected chi connectivity index (χ1v) is 8.33. The summed E-state index contributed by atoms with van der Waals surface area (Å²) >= 11 is 7.11. The number of nitrogens with one attached hydrogen (secondary N) is 1. The fourth-order valence-electron chi connectivity index (χ4n) is 2.08. The summed E-state index contributed by atoms with van der Waals surface area (Å²) in [6.07, 6.45) is 0.475. The van der Waals surface area contributed by atoms with E-state index in [1.165, 1.54) is 23.5 Å². The Morgan fingerprint density at radius 3 is 2.64 bits per heavy atom. The lowest BCUT2D eigenvalue weighted by Crippen LogP contribution is -2.11. The largest absolute Gasteiger partial charge is 0.296 e. The highest BCUT2D eigenvalue weighted by Gasteiger charge is 2.11. The van der Waals surface area contributed by atoms with Gasteiger partial charge >= 0.3 is 0 Å². The number of non-ortho nitro benzene ring substituents is 1. The summed E-state index contributed by atoms with van der Waals surface area (Å²) in [7, 11) is 0. The molecule has 0 bridgehead atoms. The molecule has 25 heavy (non-hydrogen) atoms. The number of halogens is 1. The van der Waals surface area contributed by atoms with Gasteiger partial charge in [0.1, 0.15) is 5.01 Å². The van der Waals surface area contributed by atoms with Crippen molar-refractivity contribution in [1.29, 1.82) is 0 Å². The maximum absolute atomic E-state index is 12.1. The number of nitro groups is 1. The number of nitrogens with zero attached hydrogens (tertiary/aromatic N) is 3. The number of hydrogen-bond donors (Lipinski definition) is 1. The zero-order valence-electron chi connectivity index (χ0n) is 12.7. The number of carbonyl (C=O) groups excluding carboxylic acids is 1. The predicted octanol–water partition coefficient (Wildman–Crippen LogP) is 3.94. The lowest BCUT2D eigenvalue weighted by Gasteiger charge is -2.01. The van der Waals surface area contributed by atoms with Crippen LogP contribution in [0.5, 0.6) is 0 Å². The number of hydrogen-bond acceptors (Lipinski definition) is 6. The van der Waals surface area contributed by atoms with Crippen molar-refractivity contribution in [1.82, 2.24) is 10.2 Å². The van der Waals surface area contributed by atoms with Gasteiger partial charge in [-0.3, -0.25) is 20.2 Å². The summed E-state index contributed by atoms with van der Waals surface area (Å²) in [5.41, 5.74) is 1.34. The first-order valence-electron chi connectivity index (χ1n) is 7.14. The van der Waals surface area contributed by atoms with E-state index in [1.54, 1.807) is 36.4 Å². The van der Waals surface area contributed by atoms with Gasteiger partial charge in [-0.1, -0.05) is 41.1 Å². The minimum atomic E-state index is -0.446. The molecule has 0 saturated carbocycles. The van der Waals surface area contributed by atoms with Crippen LogP contribution in [0.3, 0.4) is 0 Å². The molecule has 0 aliphatic carbocycles. The van der Waals surface area contributed by atoms with E-state index in [0.29, 0.717) is 27.1 Å². The van der Waals surface area contributed by atoms with E-state index in [4.69, 9.17) is 11.6 Å². The van der Waals surface area contributed by atoms with Crippen LogP contribution < -0.4 is 5.32 Å². The highest BCUT2D eigenvalue weighted by atomic mass is 35.5. The molecule has 1 heterocycles. The Labute approximate surface area is 151 Å². The summed E-state index contributed by atoms with van der Waals surface area (Å²) in [4.78, 5) is 22.3. The van der Waals surface area contributed by atoms with Gasteiger partial charge in [0, 0.05) is 29.1 Å². The Kier molecular flexibility index (Phi) is 5.01. The van der Waals surface area contributed by atoms with Crippen LogP contribution in [0.1, 0.15) is 20.9 Å². The summed E-state index contributed by atoms with van der Waals surface area (Å²) in [6.45, 7) is 0. The van der Waals surface area contributed by atoms with Crippen LogP contribution in [0, 0.1) is 10.1 Å². The van der Waals surface area contributed by atoms with Gasteiger partial charge in [-0.2, -0.15) is 0 Å². The molecule has 3 rings (SSSR count). The van der Waals surface area contributed by atoms with Crippen LogP contribution in [0.4, 0.5) is 10.8 Å². The number of carbonyl (C=O) groups is 1. The molecule has 7 nitrogen and oxygen atoms in total. The third-order valence-corrected chi connectivity index (χ3v) is 4.35. The average molecular weight is 375 g/mol. The first-order chi connectivity index (χ1) is 12.0. The summed E-state index contributed by atoms with van der Waals surface area (Å²) in [6, 6.07) is 12.8. The molecule has 9 heteroatoms. The lowest BCUT2D eigenvalue weighted by molar-refractivity contribution is -0.384. The van der Waals surface area contributed by atoms with Crippen molar-refractivity contribution in [2.24, 2.45) is 0 Å². The summed E-state index contributed by atoms with van der Waals surface area (Å²) in [5, 5.41) is 22.8. The Balaban J connectivity index is 1.66. The van der Waals surface area contributed by atoms with Crippen molar-refractivity contribution < 1.29 is 9.72 Å². The van der Waals surface area contributed by atoms with Gasteiger partial charge < -0.3 is 0 Å². The average Bonchev–Trinajstić information content (AvgIpc) is 3.02. The highest BCUT2D eigenvalue weighted by Crippen LogP contribution is 2.21. The molecule has 1 aromatic heterocycles. The van der Waals surface area contributed by atoms with Crippen LogP contribution in [-0.2, 0) is 6.42 Å². The van der Waals surface area contributed by atoms with Gasteiger partial charge in [-0.05, 0) is 23.8 Å². The SMILES string of the molecule is O=C(Nc1nnc(Cc2ccc([N+](=O)[O-])cc2)s1)c1cccc(Cl)c1. The van der Waals surface area contributed by atoms with E-state index in [2.05, 4.69) is 15.5 Å². The number of aromatic nitrogens is 2. The van der Waals surface area contributed by atoms with Gasteiger partial charge in [0.25, 0.3) is 11.6 Å². The number of rotatable bonds is 5. The Hall–Kier alpha value is -2.84. The van der Waals surface area contributed by atoms with Gasteiger partial charge in [0.15, 0.2) is 0 Å². The Morgan fingerprint density at radius 2 is 1.96 bits per heavy atom. The third kappa shape index (κ3) is 4.37. The molecule has 0 spiro atoms. The van der Waals surface area contributed by atoms with Gasteiger partial charge in [0.2, 0.25) is 5.13 Å². The molecule has 0 radical (unpaired) electrons. The Bertz CT molecular complexity index is 927. The topological polar surface area (TPSA) is 98.0 Å². The number of benzene rings is 2. The molecular formula is C16H11ClN4O3S. The van der Waals surface area contributed by atoms with Crippen molar-refractivity contribution in [2.75, 3.05) is 5.32 Å². The van der Waals surface area contributed by atoms with Gasteiger partial charge in [-0.15, -0.1) is 10.2 Å². The van der Waals surface area contributed by atoms with Crippen LogP contribution in [-0.4, -0.2) is 21.0 Å². The number of anilines is 1.